The topological polar surface area (TPSA) is 123 Å². The first-order valence-corrected chi connectivity index (χ1v) is 6.98. The fourth-order valence-corrected chi connectivity index (χ4v) is 1.63. The monoisotopic (exact) mass is 389 g/mol. The SMILES string of the molecule is O=C(O)O.Oc1ccccc1C=NCCN=Cc1ccccc1O.[Co]. The standard InChI is InChI=1S/C16H16N2O2.CH2O3.Co/c19-15-7-3-1-5-13(15)11-17-9-10-18-12-14-6-2-4-8-16(14)20;2-1(3)4;/h1-8,11-12,19-20H,9-10H2;(H2,2,3,4);. The third kappa shape index (κ3) is 9.79. The number of carbonyl (C=O) groups is 1. The van der Waals surface area contributed by atoms with Crippen LogP contribution in [0.1, 0.15) is 11.1 Å². The summed E-state index contributed by atoms with van der Waals surface area (Å²) in [5.41, 5.74) is 1.38. The van der Waals surface area contributed by atoms with E-state index in [9.17, 15) is 10.2 Å². The largest absolute Gasteiger partial charge is 0.507 e. The summed E-state index contributed by atoms with van der Waals surface area (Å²) in [4.78, 5) is 16.9. The molecule has 0 saturated carbocycles. The number of nitrogens with zero attached hydrogens (tertiary/aromatic N) is 2. The summed E-state index contributed by atoms with van der Waals surface area (Å²) in [5.74, 6) is 0.433. The Balaban J connectivity index is 0.00000104. The van der Waals surface area contributed by atoms with Crippen LogP contribution in [0.5, 0.6) is 11.5 Å². The number of phenols is 2. The molecule has 135 valence electrons. The van der Waals surface area contributed by atoms with Gasteiger partial charge in [-0.1, -0.05) is 24.3 Å². The maximum absolute atomic E-state index is 9.54. The van der Waals surface area contributed by atoms with Gasteiger partial charge in [0, 0.05) is 40.3 Å². The molecule has 0 bridgehead atoms. The summed E-state index contributed by atoms with van der Waals surface area (Å²) in [6.07, 6.45) is 1.43. The van der Waals surface area contributed by atoms with Gasteiger partial charge in [-0.2, -0.15) is 0 Å². The summed E-state index contributed by atoms with van der Waals surface area (Å²) >= 11 is 0. The van der Waals surface area contributed by atoms with Crippen LogP contribution in [0, 0.1) is 0 Å². The average Bonchev–Trinajstić information content (AvgIpc) is 2.53. The van der Waals surface area contributed by atoms with Gasteiger partial charge in [-0.15, -0.1) is 0 Å². The number of benzene rings is 2. The van der Waals surface area contributed by atoms with Gasteiger partial charge in [0.1, 0.15) is 11.5 Å². The molecule has 0 heterocycles. The van der Waals surface area contributed by atoms with Crippen LogP contribution in [-0.4, -0.2) is 52.1 Å². The minimum Gasteiger partial charge on any atom is -0.507 e. The second-order valence-electron chi connectivity index (χ2n) is 4.47. The third-order valence-electron chi connectivity index (χ3n) is 2.69. The Morgan fingerprint density at radius 1 is 0.800 bits per heavy atom. The van der Waals surface area contributed by atoms with Crippen LogP contribution in [0.2, 0.25) is 0 Å². The van der Waals surface area contributed by atoms with Crippen LogP contribution in [0.15, 0.2) is 58.5 Å². The Morgan fingerprint density at radius 2 is 1.12 bits per heavy atom. The molecule has 25 heavy (non-hydrogen) atoms. The molecule has 2 aromatic rings. The maximum Gasteiger partial charge on any atom is 0.503 e. The first kappa shape index (κ1) is 22.2. The molecule has 0 aliphatic rings. The number of hydrogen-bond acceptors (Lipinski definition) is 5. The number of para-hydroxylation sites is 2. The van der Waals surface area contributed by atoms with Gasteiger partial charge < -0.3 is 20.4 Å². The summed E-state index contributed by atoms with van der Waals surface area (Å²) in [5, 5.41) is 33.0. The normalized spacial score (nSPS) is 10.1. The van der Waals surface area contributed by atoms with Gasteiger partial charge >= 0.3 is 6.16 Å². The van der Waals surface area contributed by atoms with Crippen molar-refractivity contribution in [2.75, 3.05) is 13.1 Å². The van der Waals surface area contributed by atoms with Gasteiger partial charge in [-0.3, -0.25) is 9.98 Å². The molecule has 0 aliphatic heterocycles. The molecule has 2 aromatic carbocycles. The van der Waals surface area contributed by atoms with Crippen molar-refractivity contribution in [1.82, 2.24) is 0 Å². The fourth-order valence-electron chi connectivity index (χ4n) is 1.63. The van der Waals surface area contributed by atoms with E-state index in [1.54, 1.807) is 48.8 Å². The van der Waals surface area contributed by atoms with Crippen molar-refractivity contribution >= 4 is 18.6 Å². The Labute approximate surface area is 155 Å². The molecule has 0 aliphatic carbocycles. The summed E-state index contributed by atoms with van der Waals surface area (Å²) in [6, 6.07) is 14.1. The van der Waals surface area contributed by atoms with E-state index in [0.29, 0.717) is 24.2 Å². The summed E-state index contributed by atoms with van der Waals surface area (Å²) in [6.45, 7) is 1.05. The van der Waals surface area contributed by atoms with E-state index in [1.165, 1.54) is 0 Å². The smallest absolute Gasteiger partial charge is 0.503 e. The fraction of sp³-hybridized carbons (Fsp3) is 0.118. The molecule has 0 saturated heterocycles. The van der Waals surface area contributed by atoms with Crippen molar-refractivity contribution in [3.05, 3.63) is 59.7 Å². The van der Waals surface area contributed by atoms with Gasteiger partial charge in [-0.25, -0.2) is 4.79 Å². The molecule has 0 aromatic heterocycles. The first-order chi connectivity index (χ1) is 11.5. The van der Waals surface area contributed by atoms with Crippen LogP contribution >= 0.6 is 0 Å². The number of aromatic hydroxyl groups is 2. The van der Waals surface area contributed by atoms with Crippen LogP contribution in [0.4, 0.5) is 4.79 Å². The van der Waals surface area contributed by atoms with Gasteiger partial charge in [0.25, 0.3) is 0 Å². The molecular formula is C17H18CoN2O5. The van der Waals surface area contributed by atoms with Gasteiger partial charge in [-0.05, 0) is 24.3 Å². The van der Waals surface area contributed by atoms with Crippen molar-refractivity contribution in [3.8, 4) is 11.5 Å². The molecule has 0 unspecified atom stereocenters. The van der Waals surface area contributed by atoms with Crippen molar-refractivity contribution in [2.45, 2.75) is 0 Å². The molecule has 0 fully saturated rings. The second kappa shape index (κ2) is 12.6. The maximum atomic E-state index is 9.54. The zero-order valence-electron chi connectivity index (χ0n) is 13.1. The van der Waals surface area contributed by atoms with E-state index in [2.05, 4.69) is 9.98 Å². The zero-order valence-corrected chi connectivity index (χ0v) is 14.2. The van der Waals surface area contributed by atoms with Crippen LogP contribution in [0.3, 0.4) is 0 Å². The van der Waals surface area contributed by atoms with Crippen LogP contribution in [0.25, 0.3) is 0 Å². The average molecular weight is 389 g/mol. The van der Waals surface area contributed by atoms with E-state index in [0.717, 1.165) is 0 Å². The molecule has 0 atom stereocenters. The number of rotatable bonds is 5. The molecule has 4 N–H and O–H groups in total. The van der Waals surface area contributed by atoms with Crippen molar-refractivity contribution in [2.24, 2.45) is 9.98 Å². The third-order valence-corrected chi connectivity index (χ3v) is 2.69. The van der Waals surface area contributed by atoms with Gasteiger partial charge in [0.15, 0.2) is 0 Å². The number of hydrogen-bond donors (Lipinski definition) is 4. The van der Waals surface area contributed by atoms with E-state index < -0.39 is 6.16 Å². The molecule has 1 radical (unpaired) electrons. The zero-order chi connectivity index (χ0) is 17.8. The quantitative estimate of drug-likeness (QED) is 0.463. The van der Waals surface area contributed by atoms with E-state index in [4.69, 9.17) is 15.0 Å². The molecule has 0 spiro atoms. The van der Waals surface area contributed by atoms with E-state index in [-0.39, 0.29) is 28.3 Å². The molecule has 7 nitrogen and oxygen atoms in total. The summed E-state index contributed by atoms with van der Waals surface area (Å²) < 4.78 is 0. The van der Waals surface area contributed by atoms with Crippen molar-refractivity contribution in [1.29, 1.82) is 0 Å². The minimum atomic E-state index is -1.83. The number of phenolic OH excluding ortho intramolecular Hbond substituents is 2. The Morgan fingerprint density at radius 3 is 1.44 bits per heavy atom. The van der Waals surface area contributed by atoms with Gasteiger partial charge in [0.05, 0.1) is 13.1 Å². The van der Waals surface area contributed by atoms with Crippen molar-refractivity contribution in [3.63, 3.8) is 0 Å². The second-order valence-corrected chi connectivity index (χ2v) is 4.47. The Bertz CT molecular complexity index is 660. The molecular weight excluding hydrogens is 371 g/mol. The first-order valence-electron chi connectivity index (χ1n) is 6.98. The summed E-state index contributed by atoms with van der Waals surface area (Å²) in [7, 11) is 0. The Hall–Kier alpha value is -2.84. The van der Waals surface area contributed by atoms with E-state index >= 15 is 0 Å². The number of aliphatic imine (C=N–C) groups is 2. The van der Waals surface area contributed by atoms with Gasteiger partial charge in [0.2, 0.25) is 0 Å². The van der Waals surface area contributed by atoms with Crippen LogP contribution < -0.4 is 0 Å². The minimum absolute atomic E-state index is 0. The van der Waals surface area contributed by atoms with Crippen molar-refractivity contribution < 1.29 is 42.0 Å². The Kier molecular flexibility index (Phi) is 11.1. The van der Waals surface area contributed by atoms with E-state index in [1.807, 2.05) is 12.1 Å². The van der Waals surface area contributed by atoms with Crippen LogP contribution in [-0.2, 0) is 16.8 Å². The predicted molar refractivity (Wildman–Crippen MR) is 91.8 cm³/mol. The molecule has 8 heteroatoms. The predicted octanol–water partition coefficient (Wildman–Crippen LogP) is 2.86. The number of carboxylic acid groups (broad SMARTS) is 2. The molecule has 2 rings (SSSR count). The molecule has 0 amide bonds.